The van der Waals surface area contributed by atoms with Crippen molar-refractivity contribution in [3.05, 3.63) is 29.3 Å². The molecule has 142 valence electrons. The number of rotatable bonds is 8. The molecule has 25 heavy (non-hydrogen) atoms. The molecule has 7 heteroatoms. The Morgan fingerprint density at radius 1 is 1.20 bits per heavy atom. The molecular formula is C18H31N3O3S. The van der Waals surface area contributed by atoms with Crippen LogP contribution < -0.4 is 5.73 Å². The number of amides is 1. The number of hydrogen-bond donors (Lipinski definition) is 1. The van der Waals surface area contributed by atoms with Crippen LogP contribution in [0.4, 0.5) is 0 Å². The maximum Gasteiger partial charge on any atom is 0.253 e. The Balaban J connectivity index is 3.23. The summed E-state index contributed by atoms with van der Waals surface area (Å²) < 4.78 is 27.0. The van der Waals surface area contributed by atoms with Gasteiger partial charge in [0.25, 0.3) is 5.91 Å². The van der Waals surface area contributed by atoms with Crippen LogP contribution in [0.25, 0.3) is 0 Å². The number of nitrogens with two attached hydrogens (primary N) is 1. The molecule has 0 saturated carbocycles. The van der Waals surface area contributed by atoms with Crippen LogP contribution in [0.5, 0.6) is 0 Å². The van der Waals surface area contributed by atoms with E-state index >= 15 is 0 Å². The number of aryl methyl sites for hydroxylation is 1. The summed E-state index contributed by atoms with van der Waals surface area (Å²) >= 11 is 0. The lowest BCUT2D eigenvalue weighted by Gasteiger charge is -2.29. The van der Waals surface area contributed by atoms with Crippen LogP contribution in [0.2, 0.25) is 0 Å². The molecule has 0 saturated heterocycles. The van der Waals surface area contributed by atoms with Crippen LogP contribution >= 0.6 is 0 Å². The number of hydrogen-bond acceptors (Lipinski definition) is 4. The fraction of sp³-hybridized carbons (Fsp3) is 0.611. The minimum atomic E-state index is -3.61. The normalized spacial score (nSPS) is 12.5. The molecule has 1 aromatic carbocycles. The van der Waals surface area contributed by atoms with E-state index in [1.165, 1.54) is 10.4 Å². The molecule has 1 amide bonds. The monoisotopic (exact) mass is 369 g/mol. The van der Waals surface area contributed by atoms with Gasteiger partial charge in [0.2, 0.25) is 10.0 Å². The van der Waals surface area contributed by atoms with Crippen LogP contribution in [-0.4, -0.2) is 56.8 Å². The maximum atomic E-state index is 12.8. The van der Waals surface area contributed by atoms with Crippen molar-refractivity contribution in [3.63, 3.8) is 0 Å². The minimum Gasteiger partial charge on any atom is -0.341 e. The Labute approximate surface area is 152 Å². The van der Waals surface area contributed by atoms with E-state index < -0.39 is 10.0 Å². The molecule has 1 rings (SSSR count). The first kappa shape index (κ1) is 21.6. The molecule has 0 bridgehead atoms. The smallest absolute Gasteiger partial charge is 0.253 e. The van der Waals surface area contributed by atoms with E-state index in [9.17, 15) is 13.2 Å². The molecule has 0 aliphatic carbocycles. The van der Waals surface area contributed by atoms with Crippen LogP contribution in [0.3, 0.4) is 0 Å². The first-order valence-electron chi connectivity index (χ1n) is 8.56. The third kappa shape index (κ3) is 5.03. The molecule has 2 N–H and O–H groups in total. The van der Waals surface area contributed by atoms with Gasteiger partial charge in [-0.25, -0.2) is 8.42 Å². The summed E-state index contributed by atoms with van der Waals surface area (Å²) in [6.07, 6.45) is 0. The van der Waals surface area contributed by atoms with E-state index in [1.807, 2.05) is 13.8 Å². The average Bonchev–Trinajstić information content (AvgIpc) is 2.54. The Hall–Kier alpha value is -1.44. The summed E-state index contributed by atoms with van der Waals surface area (Å²) in [4.78, 5) is 14.5. The Morgan fingerprint density at radius 3 is 2.24 bits per heavy atom. The van der Waals surface area contributed by atoms with E-state index in [0.29, 0.717) is 37.3 Å². The molecule has 0 unspecified atom stereocenters. The molecule has 0 heterocycles. The van der Waals surface area contributed by atoms with Gasteiger partial charge in [0.15, 0.2) is 0 Å². The van der Waals surface area contributed by atoms with E-state index in [2.05, 4.69) is 0 Å². The van der Waals surface area contributed by atoms with Gasteiger partial charge in [-0.3, -0.25) is 4.79 Å². The SMILES string of the molecule is CCN(CC)S(=O)(=O)c1cc(C(=O)N(C)CC(C)(C)CN)ccc1C. The zero-order valence-corrected chi connectivity index (χ0v) is 17.0. The number of carbonyl (C=O) groups is 1. The Morgan fingerprint density at radius 2 is 1.76 bits per heavy atom. The first-order valence-corrected chi connectivity index (χ1v) is 10.0. The van der Waals surface area contributed by atoms with Crippen molar-refractivity contribution in [1.29, 1.82) is 0 Å². The number of sulfonamides is 1. The highest BCUT2D eigenvalue weighted by molar-refractivity contribution is 7.89. The van der Waals surface area contributed by atoms with Gasteiger partial charge in [-0.05, 0) is 36.6 Å². The van der Waals surface area contributed by atoms with Gasteiger partial charge in [0.1, 0.15) is 0 Å². The third-order valence-electron chi connectivity index (χ3n) is 4.32. The van der Waals surface area contributed by atoms with E-state index in [4.69, 9.17) is 5.73 Å². The second-order valence-electron chi connectivity index (χ2n) is 7.10. The van der Waals surface area contributed by atoms with Gasteiger partial charge >= 0.3 is 0 Å². The van der Waals surface area contributed by atoms with Crippen molar-refractivity contribution in [2.45, 2.75) is 39.5 Å². The maximum absolute atomic E-state index is 12.8. The van der Waals surface area contributed by atoms with E-state index in [1.54, 1.807) is 44.9 Å². The summed E-state index contributed by atoms with van der Waals surface area (Å²) in [5.41, 5.74) is 6.53. The van der Waals surface area contributed by atoms with Crippen molar-refractivity contribution >= 4 is 15.9 Å². The topological polar surface area (TPSA) is 83.7 Å². The van der Waals surface area contributed by atoms with Gasteiger partial charge in [0, 0.05) is 32.2 Å². The van der Waals surface area contributed by atoms with Crippen molar-refractivity contribution in [3.8, 4) is 0 Å². The predicted octanol–water partition coefficient (Wildman–Crippen LogP) is 2.08. The number of nitrogens with zero attached hydrogens (tertiary/aromatic N) is 2. The highest BCUT2D eigenvalue weighted by Crippen LogP contribution is 2.23. The van der Waals surface area contributed by atoms with Crippen LogP contribution in [0, 0.1) is 12.3 Å². The average molecular weight is 370 g/mol. The van der Waals surface area contributed by atoms with Gasteiger partial charge in [-0.1, -0.05) is 33.8 Å². The van der Waals surface area contributed by atoms with Crippen LogP contribution in [0.1, 0.15) is 43.6 Å². The van der Waals surface area contributed by atoms with Crippen molar-refractivity contribution in [1.82, 2.24) is 9.21 Å². The molecule has 0 aliphatic heterocycles. The van der Waals surface area contributed by atoms with Crippen LogP contribution in [-0.2, 0) is 10.0 Å². The highest BCUT2D eigenvalue weighted by atomic mass is 32.2. The Bertz CT molecular complexity index is 710. The zero-order chi connectivity index (χ0) is 19.4. The summed E-state index contributed by atoms with van der Waals surface area (Å²) in [6, 6.07) is 4.84. The molecular weight excluding hydrogens is 338 g/mol. The lowest BCUT2D eigenvalue weighted by Crippen LogP contribution is -2.39. The lowest BCUT2D eigenvalue weighted by atomic mass is 9.93. The fourth-order valence-corrected chi connectivity index (χ4v) is 4.42. The molecule has 0 spiro atoms. The number of benzene rings is 1. The van der Waals surface area contributed by atoms with Crippen molar-refractivity contribution < 1.29 is 13.2 Å². The second-order valence-corrected chi connectivity index (χ2v) is 9.01. The summed E-state index contributed by atoms with van der Waals surface area (Å²) in [5, 5.41) is 0. The zero-order valence-electron chi connectivity index (χ0n) is 16.2. The highest BCUT2D eigenvalue weighted by Gasteiger charge is 2.26. The molecule has 6 nitrogen and oxygen atoms in total. The molecule has 1 aromatic rings. The van der Waals surface area contributed by atoms with Gasteiger partial charge in [-0.15, -0.1) is 0 Å². The molecule has 0 atom stereocenters. The number of carbonyl (C=O) groups excluding carboxylic acids is 1. The standard InChI is InChI=1S/C18H31N3O3S/c1-7-21(8-2)25(23,24)16-11-15(10-9-14(16)3)17(22)20(6)13-18(4,5)12-19/h9-11H,7-8,12-13,19H2,1-6H3. The van der Waals surface area contributed by atoms with Crippen LogP contribution in [0.15, 0.2) is 23.1 Å². The molecule has 0 fully saturated rings. The summed E-state index contributed by atoms with van der Waals surface area (Å²) in [7, 11) is -1.90. The van der Waals surface area contributed by atoms with Crippen molar-refractivity contribution in [2.75, 3.05) is 33.2 Å². The predicted molar refractivity (Wildman–Crippen MR) is 101 cm³/mol. The lowest BCUT2D eigenvalue weighted by molar-refractivity contribution is 0.0740. The Kier molecular flexibility index (Phi) is 7.17. The van der Waals surface area contributed by atoms with E-state index in [-0.39, 0.29) is 16.2 Å². The molecule has 0 radical (unpaired) electrons. The largest absolute Gasteiger partial charge is 0.341 e. The third-order valence-corrected chi connectivity index (χ3v) is 6.51. The fourth-order valence-electron chi connectivity index (χ4n) is 2.71. The van der Waals surface area contributed by atoms with Gasteiger partial charge < -0.3 is 10.6 Å². The molecule has 0 aliphatic rings. The van der Waals surface area contributed by atoms with Gasteiger partial charge in [-0.2, -0.15) is 4.31 Å². The summed E-state index contributed by atoms with van der Waals surface area (Å²) in [5.74, 6) is -0.211. The van der Waals surface area contributed by atoms with Gasteiger partial charge in [0.05, 0.1) is 4.90 Å². The van der Waals surface area contributed by atoms with Crippen molar-refractivity contribution in [2.24, 2.45) is 11.1 Å². The first-order chi connectivity index (χ1) is 11.5. The minimum absolute atomic E-state index is 0.188. The molecule has 0 aromatic heterocycles. The quantitative estimate of drug-likeness (QED) is 0.760. The van der Waals surface area contributed by atoms with E-state index in [0.717, 1.165) is 0 Å². The summed E-state index contributed by atoms with van der Waals surface area (Å²) in [6.45, 7) is 11.1. The second kappa shape index (κ2) is 8.29.